The number of hydrogen-bond acceptors (Lipinski definition) is 7. The van der Waals surface area contributed by atoms with Gasteiger partial charge in [0.2, 0.25) is 5.72 Å². The molecule has 32 heavy (non-hydrogen) atoms. The van der Waals surface area contributed by atoms with E-state index in [9.17, 15) is 9.59 Å². The number of nitrogens with zero attached hydrogens (tertiary/aromatic N) is 4. The molecule has 2 aliphatic heterocycles. The average molecular weight is 453 g/mol. The second kappa shape index (κ2) is 7.16. The number of benzene rings is 1. The highest BCUT2D eigenvalue weighted by Gasteiger charge is 2.55. The minimum absolute atomic E-state index is 0.186. The Morgan fingerprint density at radius 2 is 2.09 bits per heavy atom. The van der Waals surface area contributed by atoms with Crippen molar-refractivity contribution in [3.63, 3.8) is 0 Å². The molecule has 0 aliphatic carbocycles. The lowest BCUT2D eigenvalue weighted by Crippen LogP contribution is -2.58. The van der Waals surface area contributed by atoms with E-state index in [1.165, 1.54) is 18.4 Å². The zero-order chi connectivity index (χ0) is 22.8. The smallest absolute Gasteiger partial charge is 0.317 e. The Hall–Kier alpha value is -3.20. The number of rotatable bonds is 3. The molecule has 0 saturated carbocycles. The fourth-order valence-electron chi connectivity index (χ4n) is 4.79. The van der Waals surface area contributed by atoms with Crippen molar-refractivity contribution in [3.05, 3.63) is 66.5 Å². The summed E-state index contributed by atoms with van der Waals surface area (Å²) in [5, 5.41) is 4.55. The second-order valence-corrected chi connectivity index (χ2v) is 9.23. The summed E-state index contributed by atoms with van der Waals surface area (Å²) >= 11 is 1.30. The zero-order valence-corrected chi connectivity index (χ0v) is 19.4. The number of fused-ring (bicyclic) bond motifs is 6. The van der Waals surface area contributed by atoms with E-state index in [0.717, 1.165) is 29.1 Å². The third-order valence-corrected chi connectivity index (χ3v) is 7.33. The first-order valence-electron chi connectivity index (χ1n) is 10.5. The minimum atomic E-state index is -1.17. The van der Waals surface area contributed by atoms with Crippen LogP contribution >= 0.6 is 11.3 Å². The number of carbonyl (C=O) groups excluding carboxylic acids is 1. The first-order chi connectivity index (χ1) is 15.3. The number of aryl methyl sites for hydroxylation is 2. The first-order valence-corrected chi connectivity index (χ1v) is 11.3. The Morgan fingerprint density at radius 1 is 1.34 bits per heavy atom. The molecule has 0 N–H and O–H groups in total. The number of para-hydroxylation sites is 1. The van der Waals surface area contributed by atoms with Gasteiger partial charge in [0.1, 0.15) is 11.7 Å². The number of methoxy groups -OCH3 is 1. The molecule has 1 aromatic carbocycles. The van der Waals surface area contributed by atoms with E-state index in [0.29, 0.717) is 15.1 Å². The van der Waals surface area contributed by atoms with Crippen molar-refractivity contribution in [2.45, 2.75) is 46.0 Å². The molecule has 9 heteroatoms. The lowest BCUT2D eigenvalue weighted by Gasteiger charge is -2.44. The lowest BCUT2D eigenvalue weighted by atomic mass is 9.81. The van der Waals surface area contributed by atoms with Gasteiger partial charge in [-0.3, -0.25) is 18.8 Å². The van der Waals surface area contributed by atoms with E-state index in [-0.39, 0.29) is 5.56 Å². The van der Waals surface area contributed by atoms with Crippen LogP contribution in [0.4, 0.5) is 0 Å². The fraction of sp³-hybridized carbons (Fsp3) is 0.391. The summed E-state index contributed by atoms with van der Waals surface area (Å²) in [5.74, 6) is -0.614. The summed E-state index contributed by atoms with van der Waals surface area (Å²) in [5.41, 5.74) is 2.22. The van der Waals surface area contributed by atoms with Gasteiger partial charge in [0.05, 0.1) is 23.4 Å². The molecule has 0 fully saturated rings. The average Bonchev–Trinajstić information content (AvgIpc) is 3.21. The van der Waals surface area contributed by atoms with Crippen molar-refractivity contribution in [3.8, 4) is 5.75 Å². The van der Waals surface area contributed by atoms with Gasteiger partial charge in [-0.15, -0.1) is 0 Å². The summed E-state index contributed by atoms with van der Waals surface area (Å²) in [6.07, 6.45) is 1.88. The predicted octanol–water partition coefficient (Wildman–Crippen LogP) is 1.69. The maximum Gasteiger partial charge on any atom is 0.317 e. The number of aromatic nitrogens is 3. The Balaban J connectivity index is 1.80. The highest BCUT2D eigenvalue weighted by molar-refractivity contribution is 7.07. The molecule has 3 unspecified atom stereocenters. The summed E-state index contributed by atoms with van der Waals surface area (Å²) in [6.45, 7) is 8.49. The molecule has 3 aromatic rings. The Labute approximate surface area is 188 Å². The normalized spacial score (nSPS) is 23.7. The number of thiazole rings is 1. The number of esters is 1. The van der Waals surface area contributed by atoms with Crippen molar-refractivity contribution in [2.75, 3.05) is 7.11 Å². The Bertz CT molecular complexity index is 1430. The maximum absolute atomic E-state index is 13.6. The molecule has 0 radical (unpaired) electrons. The summed E-state index contributed by atoms with van der Waals surface area (Å²) in [7, 11) is 1.34. The minimum Gasteiger partial charge on any atom is -0.469 e. The maximum atomic E-state index is 13.6. The van der Waals surface area contributed by atoms with Crippen LogP contribution in [0.5, 0.6) is 5.75 Å². The summed E-state index contributed by atoms with van der Waals surface area (Å²) in [6, 6.07) is 6.91. The lowest BCUT2D eigenvalue weighted by molar-refractivity contribution is -0.158. The van der Waals surface area contributed by atoms with Crippen LogP contribution in [0.15, 0.2) is 34.1 Å². The molecule has 3 atom stereocenters. The Morgan fingerprint density at radius 3 is 2.78 bits per heavy atom. The highest BCUT2D eigenvalue weighted by atomic mass is 32.1. The van der Waals surface area contributed by atoms with Crippen molar-refractivity contribution in [1.29, 1.82) is 0 Å². The van der Waals surface area contributed by atoms with Crippen molar-refractivity contribution in [1.82, 2.24) is 14.3 Å². The van der Waals surface area contributed by atoms with Crippen LogP contribution in [0, 0.1) is 19.8 Å². The molecule has 2 bridgehead atoms. The van der Waals surface area contributed by atoms with Gasteiger partial charge >= 0.3 is 5.97 Å². The van der Waals surface area contributed by atoms with E-state index in [2.05, 4.69) is 5.10 Å². The van der Waals surface area contributed by atoms with Gasteiger partial charge in [0.25, 0.3) is 5.56 Å². The summed E-state index contributed by atoms with van der Waals surface area (Å²) in [4.78, 5) is 31.8. The third-order valence-electron chi connectivity index (χ3n) is 6.35. The van der Waals surface area contributed by atoms with E-state index < -0.39 is 23.7 Å². The standard InChI is InChI=1S/C23H24N4O4S/c1-6-26-13(3)15(12(2)25-26)11-17-20(28)27-19-14-9-7-8-10-16(14)31-23(4,24-22(27)32-17)18(19)21(29)30-5/h7-11,18-19H,6H2,1-5H3/b17-11+. The molecule has 0 amide bonds. The van der Waals surface area contributed by atoms with Gasteiger partial charge in [0, 0.05) is 23.4 Å². The Kier molecular flexibility index (Phi) is 4.63. The largest absolute Gasteiger partial charge is 0.469 e. The van der Waals surface area contributed by atoms with Crippen LogP contribution in [-0.2, 0) is 16.1 Å². The van der Waals surface area contributed by atoms with Crippen molar-refractivity contribution in [2.24, 2.45) is 10.9 Å². The molecule has 8 nitrogen and oxygen atoms in total. The molecular weight excluding hydrogens is 428 g/mol. The van der Waals surface area contributed by atoms with Gasteiger partial charge in [-0.1, -0.05) is 29.5 Å². The SMILES string of the molecule is CCn1nc(C)c(/C=c2/sc3n(c2=O)C2c4ccccc4OC(C)(N=3)C2C(=O)OC)c1C. The van der Waals surface area contributed by atoms with Gasteiger partial charge < -0.3 is 9.47 Å². The van der Waals surface area contributed by atoms with Crippen LogP contribution < -0.4 is 19.6 Å². The molecule has 2 aliphatic rings. The third kappa shape index (κ3) is 2.80. The van der Waals surface area contributed by atoms with Crippen LogP contribution in [-0.4, -0.2) is 33.2 Å². The van der Waals surface area contributed by atoms with Crippen LogP contribution in [0.2, 0.25) is 0 Å². The zero-order valence-electron chi connectivity index (χ0n) is 18.6. The molecular formula is C23H24N4O4S. The molecule has 166 valence electrons. The molecule has 0 saturated heterocycles. The van der Waals surface area contributed by atoms with E-state index in [4.69, 9.17) is 14.5 Å². The number of carbonyl (C=O) groups is 1. The van der Waals surface area contributed by atoms with Gasteiger partial charge in [0.15, 0.2) is 4.80 Å². The van der Waals surface area contributed by atoms with Gasteiger partial charge in [-0.05, 0) is 39.8 Å². The van der Waals surface area contributed by atoms with Crippen LogP contribution in [0.3, 0.4) is 0 Å². The monoisotopic (exact) mass is 452 g/mol. The number of ether oxygens (including phenoxy) is 2. The van der Waals surface area contributed by atoms with E-state index >= 15 is 0 Å². The summed E-state index contributed by atoms with van der Waals surface area (Å²) < 4.78 is 15.4. The molecule has 4 heterocycles. The molecule has 0 spiro atoms. The first kappa shape index (κ1) is 20.7. The molecule has 2 aromatic heterocycles. The van der Waals surface area contributed by atoms with Gasteiger partial charge in [-0.2, -0.15) is 5.10 Å². The quantitative estimate of drug-likeness (QED) is 0.565. The van der Waals surface area contributed by atoms with Crippen LogP contribution in [0.1, 0.15) is 42.4 Å². The topological polar surface area (TPSA) is 87.7 Å². The van der Waals surface area contributed by atoms with E-state index in [1.807, 2.05) is 55.8 Å². The van der Waals surface area contributed by atoms with Crippen molar-refractivity contribution < 1.29 is 14.3 Å². The van der Waals surface area contributed by atoms with Gasteiger partial charge in [-0.25, -0.2) is 4.99 Å². The predicted molar refractivity (Wildman–Crippen MR) is 119 cm³/mol. The molecule has 5 rings (SSSR count). The highest BCUT2D eigenvalue weighted by Crippen LogP contribution is 2.47. The van der Waals surface area contributed by atoms with Crippen molar-refractivity contribution >= 4 is 23.4 Å². The fourth-order valence-corrected chi connectivity index (χ4v) is 5.87. The van der Waals surface area contributed by atoms with E-state index in [1.54, 1.807) is 11.5 Å². The van der Waals surface area contributed by atoms with Crippen LogP contribution in [0.25, 0.3) is 6.08 Å². The number of hydrogen-bond donors (Lipinski definition) is 0. The second-order valence-electron chi connectivity index (χ2n) is 8.22.